The number of sulfone groups is 1. The Balaban J connectivity index is 1.76. The fourth-order valence-electron chi connectivity index (χ4n) is 3.21. The topological polar surface area (TPSA) is 87.4 Å². The number of benzene rings is 2. The third-order valence-corrected chi connectivity index (χ3v) is 6.24. The van der Waals surface area contributed by atoms with E-state index in [-0.39, 0.29) is 5.16 Å². The Hall–Kier alpha value is -2.78. The van der Waals surface area contributed by atoms with Crippen molar-refractivity contribution in [2.75, 3.05) is 11.1 Å². The van der Waals surface area contributed by atoms with Crippen LogP contribution < -0.4 is 5.32 Å². The van der Waals surface area contributed by atoms with Crippen molar-refractivity contribution in [3.05, 3.63) is 78.6 Å². The first-order valence-corrected chi connectivity index (χ1v) is 10.2. The summed E-state index contributed by atoms with van der Waals surface area (Å²) >= 11 is 0. The monoisotopic (exact) mass is 405 g/mol. The van der Waals surface area contributed by atoms with E-state index in [4.69, 9.17) is 4.74 Å². The van der Waals surface area contributed by atoms with E-state index in [1.165, 1.54) is 12.4 Å². The molecule has 2 atom stereocenters. The van der Waals surface area contributed by atoms with E-state index in [0.29, 0.717) is 11.3 Å². The standard InChI is InChI=1S/C19H17F2N3O3S/c20-19(21)18(27-19,13-28(25,26)17-22-11-12-23-17)16(14-7-3-1-4-8-14)24-15-9-5-2-6-10-15/h1-12,16,24H,13H2,(H,22,23). The molecule has 0 bridgehead atoms. The average molecular weight is 405 g/mol. The Morgan fingerprint density at radius 1 is 1.07 bits per heavy atom. The zero-order valence-electron chi connectivity index (χ0n) is 14.5. The highest BCUT2D eigenvalue weighted by Gasteiger charge is 2.79. The molecule has 2 aromatic carbocycles. The highest BCUT2D eigenvalue weighted by atomic mass is 32.2. The van der Waals surface area contributed by atoms with Crippen molar-refractivity contribution in [1.82, 2.24) is 9.97 Å². The van der Waals surface area contributed by atoms with Gasteiger partial charge in [0.1, 0.15) is 0 Å². The van der Waals surface area contributed by atoms with Gasteiger partial charge >= 0.3 is 6.11 Å². The molecular weight excluding hydrogens is 388 g/mol. The summed E-state index contributed by atoms with van der Waals surface area (Å²) < 4.78 is 59.2. The van der Waals surface area contributed by atoms with E-state index in [1.54, 1.807) is 60.7 Å². The molecule has 0 spiro atoms. The van der Waals surface area contributed by atoms with Gasteiger partial charge in [0.25, 0.3) is 0 Å². The normalized spacial score (nSPS) is 21.8. The molecule has 3 aromatic rings. The highest BCUT2D eigenvalue weighted by molar-refractivity contribution is 7.91. The van der Waals surface area contributed by atoms with Crippen LogP contribution in [0, 0.1) is 0 Å². The predicted molar refractivity (Wildman–Crippen MR) is 98.7 cm³/mol. The predicted octanol–water partition coefficient (Wildman–Crippen LogP) is 3.40. The minimum atomic E-state index is -4.14. The van der Waals surface area contributed by atoms with Crippen LogP contribution in [0.4, 0.5) is 14.5 Å². The molecule has 28 heavy (non-hydrogen) atoms. The molecule has 9 heteroatoms. The van der Waals surface area contributed by atoms with Gasteiger partial charge in [0.05, 0.1) is 11.8 Å². The number of nitrogens with zero attached hydrogens (tertiary/aromatic N) is 1. The molecule has 2 N–H and O–H groups in total. The van der Waals surface area contributed by atoms with E-state index >= 15 is 0 Å². The fraction of sp³-hybridized carbons (Fsp3) is 0.211. The Labute approximate surface area is 160 Å². The minimum Gasteiger partial charge on any atom is -0.375 e. The van der Waals surface area contributed by atoms with Gasteiger partial charge in [0, 0.05) is 18.1 Å². The molecule has 1 aliphatic heterocycles. The molecule has 1 saturated heterocycles. The Morgan fingerprint density at radius 2 is 1.68 bits per heavy atom. The molecule has 146 valence electrons. The number of alkyl halides is 2. The maximum Gasteiger partial charge on any atom is 0.389 e. The van der Waals surface area contributed by atoms with Gasteiger partial charge in [-0.2, -0.15) is 8.78 Å². The number of imidazole rings is 1. The molecule has 1 fully saturated rings. The highest BCUT2D eigenvalue weighted by Crippen LogP contribution is 2.59. The van der Waals surface area contributed by atoms with Crippen molar-refractivity contribution in [2.24, 2.45) is 0 Å². The molecule has 4 rings (SSSR count). The van der Waals surface area contributed by atoms with Crippen LogP contribution in [0.5, 0.6) is 0 Å². The smallest absolute Gasteiger partial charge is 0.375 e. The fourth-order valence-corrected chi connectivity index (χ4v) is 4.78. The molecule has 0 radical (unpaired) electrons. The number of hydrogen-bond acceptors (Lipinski definition) is 5. The van der Waals surface area contributed by atoms with Crippen molar-refractivity contribution >= 4 is 15.5 Å². The van der Waals surface area contributed by atoms with Crippen LogP contribution in [0.2, 0.25) is 0 Å². The number of H-pyrrole nitrogens is 1. The first-order valence-electron chi connectivity index (χ1n) is 8.51. The van der Waals surface area contributed by atoms with E-state index in [9.17, 15) is 17.2 Å². The first-order chi connectivity index (χ1) is 13.3. The van der Waals surface area contributed by atoms with Gasteiger partial charge in [-0.25, -0.2) is 13.4 Å². The Morgan fingerprint density at radius 3 is 2.21 bits per heavy atom. The molecule has 0 saturated carbocycles. The van der Waals surface area contributed by atoms with Crippen LogP contribution >= 0.6 is 0 Å². The van der Waals surface area contributed by atoms with Gasteiger partial charge in [-0.05, 0) is 17.7 Å². The van der Waals surface area contributed by atoms with Crippen LogP contribution in [0.15, 0.2) is 78.2 Å². The van der Waals surface area contributed by atoms with Crippen LogP contribution in [0.25, 0.3) is 0 Å². The summed E-state index contributed by atoms with van der Waals surface area (Å²) in [6.45, 7) is 0. The van der Waals surface area contributed by atoms with E-state index in [2.05, 4.69) is 15.3 Å². The molecule has 2 heterocycles. The van der Waals surface area contributed by atoms with Crippen LogP contribution in [-0.2, 0) is 14.6 Å². The van der Waals surface area contributed by atoms with Crippen LogP contribution in [0.1, 0.15) is 11.6 Å². The summed E-state index contributed by atoms with van der Waals surface area (Å²) in [5.74, 6) is -0.931. The zero-order chi connectivity index (χ0) is 19.8. The van der Waals surface area contributed by atoms with Gasteiger partial charge in [-0.15, -0.1) is 0 Å². The zero-order valence-corrected chi connectivity index (χ0v) is 15.4. The van der Waals surface area contributed by atoms with Crippen molar-refractivity contribution in [2.45, 2.75) is 22.9 Å². The molecule has 2 unspecified atom stereocenters. The van der Waals surface area contributed by atoms with Crippen molar-refractivity contribution < 1.29 is 21.9 Å². The number of epoxide rings is 1. The van der Waals surface area contributed by atoms with Gasteiger partial charge in [-0.3, -0.25) is 4.74 Å². The van der Waals surface area contributed by atoms with Crippen molar-refractivity contribution in [3.8, 4) is 0 Å². The lowest BCUT2D eigenvalue weighted by molar-refractivity contribution is 0.000645. The molecule has 0 aliphatic carbocycles. The lowest BCUT2D eigenvalue weighted by Crippen LogP contribution is -2.39. The SMILES string of the molecule is O=S(=O)(CC1(C(Nc2ccccc2)c2ccccc2)OC1(F)F)c1ncc[nH]1. The maximum absolute atomic E-state index is 14.5. The van der Waals surface area contributed by atoms with Gasteiger partial charge in [0.15, 0.2) is 0 Å². The summed E-state index contributed by atoms with van der Waals surface area (Å²) in [5.41, 5.74) is -1.22. The molecule has 1 aliphatic rings. The summed E-state index contributed by atoms with van der Waals surface area (Å²) in [6.07, 6.45) is -1.04. The number of aromatic nitrogens is 2. The summed E-state index contributed by atoms with van der Waals surface area (Å²) in [7, 11) is -4.14. The second kappa shape index (κ2) is 6.68. The number of para-hydroxylation sites is 1. The molecular formula is C19H17F2N3O3S. The van der Waals surface area contributed by atoms with E-state index in [0.717, 1.165) is 0 Å². The number of anilines is 1. The lowest BCUT2D eigenvalue weighted by Gasteiger charge is -2.26. The molecule has 0 amide bonds. The van der Waals surface area contributed by atoms with Gasteiger partial charge in [-0.1, -0.05) is 48.5 Å². The van der Waals surface area contributed by atoms with Gasteiger partial charge in [0.2, 0.25) is 20.6 Å². The van der Waals surface area contributed by atoms with Crippen LogP contribution in [0.3, 0.4) is 0 Å². The Kier molecular flexibility index (Phi) is 4.43. The number of aromatic amines is 1. The Bertz CT molecular complexity index is 1040. The summed E-state index contributed by atoms with van der Waals surface area (Å²) in [4.78, 5) is 6.16. The van der Waals surface area contributed by atoms with E-state index < -0.39 is 33.3 Å². The minimum absolute atomic E-state index is 0.371. The average Bonchev–Trinajstić information content (AvgIpc) is 3.06. The summed E-state index contributed by atoms with van der Waals surface area (Å²) in [6, 6.07) is 16.1. The number of hydrogen-bond donors (Lipinski definition) is 2. The largest absolute Gasteiger partial charge is 0.389 e. The number of rotatable bonds is 7. The third-order valence-electron chi connectivity index (χ3n) is 4.62. The maximum atomic E-state index is 14.5. The number of halogens is 2. The third kappa shape index (κ3) is 3.27. The van der Waals surface area contributed by atoms with Crippen molar-refractivity contribution in [3.63, 3.8) is 0 Å². The van der Waals surface area contributed by atoms with Gasteiger partial charge < -0.3 is 10.3 Å². The number of nitrogens with one attached hydrogen (secondary N) is 2. The second-order valence-corrected chi connectivity index (χ2v) is 8.42. The van der Waals surface area contributed by atoms with Crippen LogP contribution in [-0.4, -0.2) is 35.8 Å². The second-order valence-electron chi connectivity index (χ2n) is 6.52. The summed E-state index contributed by atoms with van der Waals surface area (Å²) in [5, 5.41) is 2.65. The quantitative estimate of drug-likeness (QED) is 0.589. The van der Waals surface area contributed by atoms with Crippen molar-refractivity contribution in [1.29, 1.82) is 0 Å². The van der Waals surface area contributed by atoms with E-state index in [1.807, 2.05) is 0 Å². The lowest BCUT2D eigenvalue weighted by atomic mass is 9.93. The number of ether oxygens (including phenoxy) is 1. The molecule has 6 nitrogen and oxygen atoms in total. The molecule has 1 aromatic heterocycles. The first kappa shape index (κ1) is 18.6.